The van der Waals surface area contributed by atoms with E-state index in [-0.39, 0.29) is 0 Å². The van der Waals surface area contributed by atoms with Crippen molar-refractivity contribution < 1.29 is 4.74 Å². The third kappa shape index (κ3) is 4.35. The first kappa shape index (κ1) is 15.1. The van der Waals surface area contributed by atoms with Crippen LogP contribution in [0.5, 0.6) is 0 Å². The van der Waals surface area contributed by atoms with Crippen molar-refractivity contribution in [1.82, 2.24) is 0 Å². The van der Waals surface area contributed by atoms with Gasteiger partial charge in [0.2, 0.25) is 0 Å². The topological polar surface area (TPSA) is 35.2 Å². The van der Waals surface area contributed by atoms with E-state index in [9.17, 15) is 0 Å². The maximum atomic E-state index is 6.12. The summed E-state index contributed by atoms with van der Waals surface area (Å²) in [6.45, 7) is 2.10. The molecule has 2 N–H and O–H groups in total. The molecular weight excluding hydrogens is 281 g/mol. The van der Waals surface area contributed by atoms with Crippen molar-refractivity contribution in [1.29, 1.82) is 0 Å². The minimum atomic E-state index is 0.545. The summed E-state index contributed by atoms with van der Waals surface area (Å²) in [7, 11) is 0. The molecule has 1 fully saturated rings. The fraction of sp³-hybridized carbons (Fsp3) is 0.600. The van der Waals surface area contributed by atoms with Crippen molar-refractivity contribution in [3.05, 3.63) is 33.8 Å². The van der Waals surface area contributed by atoms with Crippen LogP contribution in [0, 0.1) is 11.8 Å². The molecule has 0 amide bonds. The summed E-state index contributed by atoms with van der Waals surface area (Å²) in [5.41, 5.74) is 6.82. The molecular formula is C15H21Cl2NO. The molecule has 4 heteroatoms. The maximum absolute atomic E-state index is 6.12. The Morgan fingerprint density at radius 2 is 1.89 bits per heavy atom. The molecule has 0 spiro atoms. The molecule has 0 bridgehead atoms. The van der Waals surface area contributed by atoms with Crippen LogP contribution in [0.3, 0.4) is 0 Å². The summed E-state index contributed by atoms with van der Waals surface area (Å²) in [4.78, 5) is 0. The van der Waals surface area contributed by atoms with Gasteiger partial charge in [0, 0.05) is 10.0 Å². The molecule has 2 atom stereocenters. The van der Waals surface area contributed by atoms with Crippen molar-refractivity contribution >= 4 is 23.2 Å². The molecule has 0 aliphatic heterocycles. The minimum Gasteiger partial charge on any atom is -0.376 e. The van der Waals surface area contributed by atoms with E-state index in [0.717, 1.165) is 18.7 Å². The Morgan fingerprint density at radius 1 is 1.16 bits per heavy atom. The van der Waals surface area contributed by atoms with Crippen LogP contribution in [0.4, 0.5) is 0 Å². The van der Waals surface area contributed by atoms with Gasteiger partial charge in [-0.25, -0.2) is 0 Å². The number of hydrogen-bond acceptors (Lipinski definition) is 2. The van der Waals surface area contributed by atoms with Gasteiger partial charge in [0.05, 0.1) is 13.2 Å². The van der Waals surface area contributed by atoms with E-state index < -0.39 is 0 Å². The number of rotatable bonds is 5. The van der Waals surface area contributed by atoms with Gasteiger partial charge < -0.3 is 10.5 Å². The van der Waals surface area contributed by atoms with Gasteiger partial charge in [-0.05, 0) is 48.9 Å². The highest BCUT2D eigenvalue weighted by atomic mass is 35.5. The zero-order valence-corrected chi connectivity index (χ0v) is 12.6. The summed E-state index contributed by atoms with van der Waals surface area (Å²) < 4.78 is 5.83. The normalized spacial score (nSPS) is 23.5. The van der Waals surface area contributed by atoms with E-state index in [4.69, 9.17) is 33.7 Å². The molecule has 0 saturated heterocycles. The van der Waals surface area contributed by atoms with Crippen LogP contribution < -0.4 is 5.73 Å². The first-order chi connectivity index (χ1) is 9.20. The average molecular weight is 302 g/mol. The third-order valence-electron chi connectivity index (χ3n) is 3.97. The lowest BCUT2D eigenvalue weighted by molar-refractivity contribution is 0.0513. The molecule has 2 unspecified atom stereocenters. The smallest absolute Gasteiger partial charge is 0.0731 e. The minimum absolute atomic E-state index is 0.545. The van der Waals surface area contributed by atoms with Crippen LogP contribution in [-0.4, -0.2) is 13.2 Å². The highest BCUT2D eigenvalue weighted by molar-refractivity contribution is 6.35. The second-order valence-corrected chi connectivity index (χ2v) is 6.13. The number of benzene rings is 1. The fourth-order valence-corrected chi connectivity index (χ4v) is 3.24. The Kier molecular flexibility index (Phi) is 5.96. The summed E-state index contributed by atoms with van der Waals surface area (Å²) in [5.74, 6) is 1.22. The zero-order chi connectivity index (χ0) is 13.7. The quantitative estimate of drug-likeness (QED) is 0.881. The predicted octanol–water partition coefficient (Wildman–Crippen LogP) is 4.28. The number of ether oxygens (including phenoxy) is 1. The lowest BCUT2D eigenvalue weighted by Crippen LogP contribution is -2.29. The second kappa shape index (κ2) is 7.49. The predicted molar refractivity (Wildman–Crippen MR) is 80.6 cm³/mol. The number of nitrogens with two attached hydrogens (primary N) is 1. The van der Waals surface area contributed by atoms with Gasteiger partial charge in [-0.2, -0.15) is 0 Å². The summed E-state index contributed by atoms with van der Waals surface area (Å²) in [6.07, 6.45) is 5.08. The van der Waals surface area contributed by atoms with Gasteiger partial charge in [0.15, 0.2) is 0 Å². The molecule has 1 aromatic rings. The maximum Gasteiger partial charge on any atom is 0.0731 e. The third-order valence-corrected chi connectivity index (χ3v) is 4.56. The molecule has 1 aromatic carbocycles. The molecule has 2 rings (SSSR count). The fourth-order valence-electron chi connectivity index (χ4n) is 2.77. The van der Waals surface area contributed by atoms with Crippen LogP contribution >= 0.6 is 23.2 Å². The van der Waals surface area contributed by atoms with Crippen LogP contribution in [0.1, 0.15) is 31.2 Å². The van der Waals surface area contributed by atoms with Gasteiger partial charge in [0.25, 0.3) is 0 Å². The lowest BCUT2D eigenvalue weighted by Gasteiger charge is -2.30. The van der Waals surface area contributed by atoms with E-state index >= 15 is 0 Å². The van der Waals surface area contributed by atoms with Gasteiger partial charge >= 0.3 is 0 Å². The highest BCUT2D eigenvalue weighted by Crippen LogP contribution is 2.30. The molecule has 106 valence electrons. The molecule has 1 aliphatic rings. The zero-order valence-electron chi connectivity index (χ0n) is 11.1. The van der Waals surface area contributed by atoms with E-state index in [0.29, 0.717) is 28.5 Å². The van der Waals surface area contributed by atoms with Crippen molar-refractivity contribution in [2.75, 3.05) is 13.2 Å². The van der Waals surface area contributed by atoms with E-state index in [2.05, 4.69) is 0 Å². The second-order valence-electron chi connectivity index (χ2n) is 5.29. The Balaban J connectivity index is 1.82. The number of hydrogen-bond donors (Lipinski definition) is 1. The molecule has 0 radical (unpaired) electrons. The SMILES string of the molecule is NCC1CCCCC1COCc1ccc(Cl)cc1Cl. The standard InChI is InChI=1S/C15H21Cl2NO/c16-14-6-5-13(15(17)7-14)10-19-9-12-4-2-1-3-11(12)8-18/h5-7,11-12H,1-4,8-10,18H2. The van der Waals surface area contributed by atoms with Gasteiger partial charge in [-0.15, -0.1) is 0 Å². The van der Waals surface area contributed by atoms with Crippen molar-refractivity contribution in [2.24, 2.45) is 17.6 Å². The van der Waals surface area contributed by atoms with Gasteiger partial charge in [-0.1, -0.05) is 42.1 Å². The van der Waals surface area contributed by atoms with Crippen LogP contribution in [0.2, 0.25) is 10.0 Å². The molecule has 0 heterocycles. The van der Waals surface area contributed by atoms with E-state index in [1.165, 1.54) is 25.7 Å². The molecule has 2 nitrogen and oxygen atoms in total. The summed E-state index contributed by atoms with van der Waals surface area (Å²) in [5, 5.41) is 1.33. The Labute approximate surface area is 125 Å². The molecule has 1 saturated carbocycles. The summed E-state index contributed by atoms with van der Waals surface area (Å²) in [6, 6.07) is 5.52. The van der Waals surface area contributed by atoms with Crippen molar-refractivity contribution in [3.8, 4) is 0 Å². The van der Waals surface area contributed by atoms with E-state index in [1.807, 2.05) is 12.1 Å². The first-order valence-electron chi connectivity index (χ1n) is 6.92. The Hall–Kier alpha value is -0.280. The van der Waals surface area contributed by atoms with Gasteiger partial charge in [-0.3, -0.25) is 0 Å². The van der Waals surface area contributed by atoms with Crippen LogP contribution in [0.25, 0.3) is 0 Å². The van der Waals surface area contributed by atoms with Crippen molar-refractivity contribution in [3.63, 3.8) is 0 Å². The largest absolute Gasteiger partial charge is 0.376 e. The average Bonchev–Trinajstić information content (AvgIpc) is 2.42. The summed E-state index contributed by atoms with van der Waals surface area (Å²) >= 11 is 12.0. The van der Waals surface area contributed by atoms with Crippen molar-refractivity contribution in [2.45, 2.75) is 32.3 Å². The Morgan fingerprint density at radius 3 is 2.58 bits per heavy atom. The molecule has 1 aliphatic carbocycles. The van der Waals surface area contributed by atoms with Gasteiger partial charge in [0.1, 0.15) is 0 Å². The molecule has 19 heavy (non-hydrogen) atoms. The monoisotopic (exact) mass is 301 g/mol. The highest BCUT2D eigenvalue weighted by Gasteiger charge is 2.23. The number of halogens is 2. The van der Waals surface area contributed by atoms with Crippen LogP contribution in [0.15, 0.2) is 18.2 Å². The lowest BCUT2D eigenvalue weighted by atomic mass is 9.80. The Bertz CT molecular complexity index is 411. The van der Waals surface area contributed by atoms with E-state index in [1.54, 1.807) is 6.07 Å². The molecule has 0 aromatic heterocycles. The first-order valence-corrected chi connectivity index (χ1v) is 7.68. The van der Waals surface area contributed by atoms with Crippen LogP contribution in [-0.2, 0) is 11.3 Å².